The van der Waals surface area contributed by atoms with E-state index in [4.69, 9.17) is 10.1 Å². The Balaban J connectivity index is 1.48. The van der Waals surface area contributed by atoms with Crippen LogP contribution in [-0.2, 0) is 0 Å². The van der Waals surface area contributed by atoms with Crippen molar-refractivity contribution in [3.05, 3.63) is 29.2 Å². The number of anilines is 1. The molecule has 0 radical (unpaired) electrons. The summed E-state index contributed by atoms with van der Waals surface area (Å²) in [5.41, 5.74) is 2.64. The Labute approximate surface area is 151 Å². The zero-order valence-electron chi connectivity index (χ0n) is 15.1. The number of rotatable bonds is 4. The summed E-state index contributed by atoms with van der Waals surface area (Å²) in [5.74, 6) is 2.41. The highest BCUT2D eigenvalue weighted by Gasteiger charge is 2.29. The van der Waals surface area contributed by atoms with Gasteiger partial charge in [0.1, 0.15) is 0 Å². The summed E-state index contributed by atoms with van der Waals surface area (Å²) in [5, 5.41) is 9.34. The molecule has 4 heterocycles. The van der Waals surface area contributed by atoms with Gasteiger partial charge in [-0.2, -0.15) is 4.98 Å². The van der Waals surface area contributed by atoms with Crippen molar-refractivity contribution in [2.45, 2.75) is 45.6 Å². The Bertz CT molecular complexity index is 949. The van der Waals surface area contributed by atoms with Crippen molar-refractivity contribution < 1.29 is 0 Å². The Kier molecular flexibility index (Phi) is 3.51. The van der Waals surface area contributed by atoms with Gasteiger partial charge in [0.2, 0.25) is 5.95 Å². The van der Waals surface area contributed by atoms with E-state index in [9.17, 15) is 0 Å². The highest BCUT2D eigenvalue weighted by molar-refractivity contribution is 5.65. The van der Waals surface area contributed by atoms with Crippen molar-refractivity contribution in [2.75, 3.05) is 18.0 Å². The monoisotopic (exact) mass is 350 g/mol. The van der Waals surface area contributed by atoms with Crippen LogP contribution in [0, 0.1) is 13.8 Å². The molecular weight excluding hydrogens is 328 g/mol. The molecule has 8 heteroatoms. The molecule has 8 nitrogen and oxygen atoms in total. The van der Waals surface area contributed by atoms with Crippen molar-refractivity contribution in [3.63, 3.8) is 0 Å². The van der Waals surface area contributed by atoms with Gasteiger partial charge in [0.25, 0.3) is 0 Å². The van der Waals surface area contributed by atoms with E-state index in [1.165, 1.54) is 25.7 Å². The van der Waals surface area contributed by atoms with Gasteiger partial charge in [-0.15, -0.1) is 10.2 Å². The molecule has 1 aliphatic carbocycles. The van der Waals surface area contributed by atoms with Crippen molar-refractivity contribution >= 4 is 23.7 Å². The first kappa shape index (κ1) is 15.5. The minimum atomic E-state index is 0.487. The van der Waals surface area contributed by atoms with Gasteiger partial charge in [-0.1, -0.05) is 0 Å². The molecule has 0 amide bonds. The number of hydrogen-bond acceptors (Lipinski definition) is 6. The third kappa shape index (κ3) is 2.65. The average Bonchev–Trinajstić information content (AvgIpc) is 3.07. The number of hydrogen-bond donors (Lipinski definition) is 0. The van der Waals surface area contributed by atoms with Crippen molar-refractivity contribution in [1.29, 1.82) is 0 Å². The molecule has 0 unspecified atom stereocenters. The summed E-state index contributed by atoms with van der Waals surface area (Å²) >= 11 is 0. The summed E-state index contributed by atoms with van der Waals surface area (Å²) < 4.78 is 3.90. The maximum Gasteiger partial charge on any atom is 0.245 e. The van der Waals surface area contributed by atoms with E-state index in [1.54, 1.807) is 0 Å². The van der Waals surface area contributed by atoms with Gasteiger partial charge in [-0.05, 0) is 51.7 Å². The van der Waals surface area contributed by atoms with Crippen LogP contribution in [0.3, 0.4) is 0 Å². The van der Waals surface area contributed by atoms with Crippen LogP contribution >= 0.6 is 0 Å². The Hall–Kier alpha value is -2.77. The number of aromatic nitrogens is 7. The predicted molar refractivity (Wildman–Crippen MR) is 98.9 cm³/mol. The molecule has 2 aliphatic rings. The summed E-state index contributed by atoms with van der Waals surface area (Å²) in [6.07, 6.45) is 10.5. The Morgan fingerprint density at radius 2 is 1.85 bits per heavy atom. The van der Waals surface area contributed by atoms with Crippen molar-refractivity contribution in [1.82, 2.24) is 34.3 Å². The van der Waals surface area contributed by atoms with E-state index in [-0.39, 0.29) is 0 Å². The molecular formula is C18H22N8. The topological polar surface area (TPSA) is 77.0 Å². The van der Waals surface area contributed by atoms with Gasteiger partial charge < -0.3 is 4.90 Å². The smallest absolute Gasteiger partial charge is 0.245 e. The van der Waals surface area contributed by atoms with Gasteiger partial charge in [0, 0.05) is 19.3 Å². The Morgan fingerprint density at radius 1 is 1.04 bits per heavy atom. The molecule has 5 rings (SSSR count). The van der Waals surface area contributed by atoms with Crippen LogP contribution in [0.1, 0.15) is 54.8 Å². The molecule has 1 saturated carbocycles. The number of aryl methyl sites for hydroxylation is 2. The summed E-state index contributed by atoms with van der Waals surface area (Å²) in [6.45, 7) is 6.03. The molecule has 0 bridgehead atoms. The van der Waals surface area contributed by atoms with Gasteiger partial charge >= 0.3 is 0 Å². The highest BCUT2D eigenvalue weighted by atomic mass is 15.4. The zero-order valence-corrected chi connectivity index (χ0v) is 15.1. The first-order valence-corrected chi connectivity index (χ1v) is 9.27. The lowest BCUT2D eigenvalue weighted by Gasteiger charge is -2.10. The molecule has 3 aromatic heterocycles. The Morgan fingerprint density at radius 3 is 2.58 bits per heavy atom. The fourth-order valence-corrected chi connectivity index (χ4v) is 3.41. The van der Waals surface area contributed by atoms with E-state index in [1.807, 2.05) is 36.7 Å². The number of fused-ring (bicyclic) bond motifs is 1. The lowest BCUT2D eigenvalue weighted by atomic mass is 10.4. The van der Waals surface area contributed by atoms with E-state index in [0.717, 1.165) is 41.9 Å². The standard InChI is InChI=1S/C18H22N8/c1-12-11-19-13(2)17-20-15(22-25(12)17)7-8-16-21-18(24-9-3-4-10-24)23-26(16)14-5-6-14/h7-8,11,14H,3-6,9-10H2,1-2H3. The summed E-state index contributed by atoms with van der Waals surface area (Å²) in [6, 6.07) is 0.487. The quantitative estimate of drug-likeness (QED) is 0.719. The molecule has 134 valence electrons. The van der Waals surface area contributed by atoms with E-state index < -0.39 is 0 Å². The minimum Gasteiger partial charge on any atom is -0.340 e. The van der Waals surface area contributed by atoms with Crippen LogP contribution in [-0.4, -0.2) is 47.4 Å². The largest absolute Gasteiger partial charge is 0.340 e. The van der Waals surface area contributed by atoms with Crippen LogP contribution < -0.4 is 4.90 Å². The second kappa shape index (κ2) is 5.89. The van der Waals surface area contributed by atoms with E-state index >= 15 is 0 Å². The minimum absolute atomic E-state index is 0.487. The fourth-order valence-electron chi connectivity index (χ4n) is 3.41. The zero-order chi connectivity index (χ0) is 17.7. The van der Waals surface area contributed by atoms with Gasteiger partial charge in [-0.3, -0.25) is 4.98 Å². The molecule has 26 heavy (non-hydrogen) atoms. The van der Waals surface area contributed by atoms with Crippen LogP contribution in [0.15, 0.2) is 6.20 Å². The fraction of sp³-hybridized carbons (Fsp3) is 0.500. The van der Waals surface area contributed by atoms with Gasteiger partial charge in [0.15, 0.2) is 17.3 Å². The lowest BCUT2D eigenvalue weighted by molar-refractivity contribution is 0.631. The predicted octanol–water partition coefficient (Wildman–Crippen LogP) is 2.44. The first-order valence-electron chi connectivity index (χ1n) is 9.27. The third-order valence-corrected chi connectivity index (χ3v) is 5.04. The molecule has 0 spiro atoms. The molecule has 2 fully saturated rings. The normalized spacial score (nSPS) is 17.8. The van der Waals surface area contributed by atoms with E-state index in [2.05, 4.69) is 24.6 Å². The first-order chi connectivity index (χ1) is 12.7. The second-order valence-corrected chi connectivity index (χ2v) is 7.16. The number of nitrogens with zero attached hydrogens (tertiary/aromatic N) is 8. The molecule has 1 aliphatic heterocycles. The van der Waals surface area contributed by atoms with Crippen molar-refractivity contribution in [2.24, 2.45) is 0 Å². The maximum atomic E-state index is 4.77. The average molecular weight is 350 g/mol. The van der Waals surface area contributed by atoms with E-state index in [0.29, 0.717) is 11.9 Å². The maximum absolute atomic E-state index is 4.77. The molecule has 0 aromatic carbocycles. The second-order valence-electron chi connectivity index (χ2n) is 7.16. The highest BCUT2D eigenvalue weighted by Crippen LogP contribution is 2.36. The van der Waals surface area contributed by atoms with Crippen LogP contribution in [0.4, 0.5) is 5.95 Å². The molecule has 3 aromatic rings. The van der Waals surface area contributed by atoms with Crippen molar-refractivity contribution in [3.8, 4) is 0 Å². The van der Waals surface area contributed by atoms with Crippen LogP contribution in [0.2, 0.25) is 0 Å². The molecule has 1 saturated heterocycles. The SMILES string of the molecule is Cc1ncc(C)n2nc(C=Cc3nc(N4CCCC4)nn3C3CC3)nc12. The lowest BCUT2D eigenvalue weighted by Crippen LogP contribution is -2.19. The van der Waals surface area contributed by atoms with Crippen LogP contribution in [0.5, 0.6) is 0 Å². The third-order valence-electron chi connectivity index (χ3n) is 5.04. The molecule has 0 N–H and O–H groups in total. The summed E-state index contributed by atoms with van der Waals surface area (Å²) in [7, 11) is 0. The van der Waals surface area contributed by atoms with Crippen LogP contribution in [0.25, 0.3) is 17.8 Å². The molecule has 0 atom stereocenters. The summed E-state index contributed by atoms with van der Waals surface area (Å²) in [4.78, 5) is 16.0. The van der Waals surface area contributed by atoms with Gasteiger partial charge in [0.05, 0.1) is 17.4 Å². The van der Waals surface area contributed by atoms with Gasteiger partial charge in [-0.25, -0.2) is 14.2 Å².